The number of thiophene rings is 1. The molecule has 0 bridgehead atoms. The van der Waals surface area contributed by atoms with Crippen molar-refractivity contribution < 1.29 is 0 Å². The summed E-state index contributed by atoms with van der Waals surface area (Å²) in [7, 11) is 0. The molecule has 0 saturated heterocycles. The summed E-state index contributed by atoms with van der Waals surface area (Å²) in [4.78, 5) is 13.5. The van der Waals surface area contributed by atoms with E-state index in [4.69, 9.17) is 11.0 Å². The van der Waals surface area contributed by atoms with Crippen molar-refractivity contribution in [2.75, 3.05) is 5.73 Å². The molecule has 0 fully saturated rings. The average molecular weight is 307 g/mol. The summed E-state index contributed by atoms with van der Waals surface area (Å²) in [5.41, 5.74) is 8.03. The van der Waals surface area contributed by atoms with Crippen LogP contribution in [0.5, 0.6) is 0 Å². The zero-order valence-corrected chi connectivity index (χ0v) is 12.5. The van der Waals surface area contributed by atoms with E-state index in [0.29, 0.717) is 12.2 Å². The molecule has 0 aliphatic carbocycles. The standard InChI is InChI=1S/C17H13N3OS/c18-10-13-5-8-15(16-2-1-9-22-16)20(17(13)21)11-12-3-6-14(19)7-4-12/h1-9H,11,19H2. The number of rotatable bonds is 3. The molecule has 0 amide bonds. The van der Waals surface area contributed by atoms with Gasteiger partial charge in [-0.15, -0.1) is 11.3 Å². The number of hydrogen-bond donors (Lipinski definition) is 1. The van der Waals surface area contributed by atoms with Crippen LogP contribution in [0.1, 0.15) is 11.1 Å². The maximum Gasteiger partial charge on any atom is 0.269 e. The fourth-order valence-electron chi connectivity index (χ4n) is 2.27. The van der Waals surface area contributed by atoms with Gasteiger partial charge in [-0.3, -0.25) is 4.79 Å². The van der Waals surface area contributed by atoms with Crippen LogP contribution in [0.4, 0.5) is 5.69 Å². The van der Waals surface area contributed by atoms with Crippen LogP contribution in [-0.4, -0.2) is 4.57 Å². The van der Waals surface area contributed by atoms with Crippen molar-refractivity contribution >= 4 is 17.0 Å². The maximum atomic E-state index is 12.5. The van der Waals surface area contributed by atoms with Gasteiger partial charge >= 0.3 is 0 Å². The van der Waals surface area contributed by atoms with E-state index in [9.17, 15) is 4.79 Å². The normalized spacial score (nSPS) is 10.3. The lowest BCUT2D eigenvalue weighted by atomic mass is 10.1. The minimum Gasteiger partial charge on any atom is -0.399 e. The largest absolute Gasteiger partial charge is 0.399 e. The number of nitrogen functional groups attached to an aromatic ring is 1. The molecular weight excluding hydrogens is 294 g/mol. The molecule has 0 atom stereocenters. The van der Waals surface area contributed by atoms with Crippen molar-refractivity contribution in [1.82, 2.24) is 4.57 Å². The van der Waals surface area contributed by atoms with E-state index in [1.807, 2.05) is 41.8 Å². The van der Waals surface area contributed by atoms with Gasteiger partial charge in [-0.25, -0.2) is 0 Å². The van der Waals surface area contributed by atoms with Gasteiger partial charge in [-0.2, -0.15) is 5.26 Å². The van der Waals surface area contributed by atoms with Crippen LogP contribution < -0.4 is 11.3 Å². The maximum absolute atomic E-state index is 12.5. The van der Waals surface area contributed by atoms with E-state index in [2.05, 4.69) is 0 Å². The Labute approximate surface area is 131 Å². The lowest BCUT2D eigenvalue weighted by Crippen LogP contribution is -2.24. The summed E-state index contributed by atoms with van der Waals surface area (Å²) in [5, 5.41) is 11.1. The molecule has 0 radical (unpaired) electrons. The third-order valence-electron chi connectivity index (χ3n) is 3.39. The molecule has 0 aliphatic heterocycles. The number of nitrogens with zero attached hydrogens (tertiary/aromatic N) is 2. The molecular formula is C17H13N3OS. The predicted molar refractivity (Wildman–Crippen MR) is 88.7 cm³/mol. The Kier molecular flexibility index (Phi) is 3.77. The third kappa shape index (κ3) is 2.65. The summed E-state index contributed by atoms with van der Waals surface area (Å²) in [5.74, 6) is 0. The van der Waals surface area contributed by atoms with Gasteiger partial charge < -0.3 is 10.3 Å². The summed E-state index contributed by atoms with van der Waals surface area (Å²) in [6.45, 7) is 0.405. The van der Waals surface area contributed by atoms with Crippen LogP contribution in [0, 0.1) is 11.3 Å². The Morgan fingerprint density at radius 3 is 2.55 bits per heavy atom. The molecule has 2 N–H and O–H groups in total. The van der Waals surface area contributed by atoms with Crippen LogP contribution in [0.15, 0.2) is 58.7 Å². The Morgan fingerprint density at radius 2 is 1.91 bits per heavy atom. The number of hydrogen-bond acceptors (Lipinski definition) is 4. The molecule has 3 aromatic rings. The van der Waals surface area contributed by atoms with Crippen LogP contribution in [0.3, 0.4) is 0 Å². The molecule has 2 aromatic heterocycles. The second-order valence-corrected chi connectivity index (χ2v) is 5.80. The second kappa shape index (κ2) is 5.88. The van der Waals surface area contributed by atoms with E-state index in [-0.39, 0.29) is 11.1 Å². The van der Waals surface area contributed by atoms with Crippen LogP contribution in [0.2, 0.25) is 0 Å². The minimum atomic E-state index is -0.273. The first-order chi connectivity index (χ1) is 10.7. The van der Waals surface area contributed by atoms with E-state index in [1.54, 1.807) is 34.1 Å². The van der Waals surface area contributed by atoms with Gasteiger partial charge in [0.1, 0.15) is 11.6 Å². The van der Waals surface area contributed by atoms with Crippen molar-refractivity contribution in [3.8, 4) is 16.6 Å². The highest BCUT2D eigenvalue weighted by atomic mass is 32.1. The molecule has 0 aliphatic rings. The average Bonchev–Trinajstić information content (AvgIpc) is 3.05. The molecule has 22 heavy (non-hydrogen) atoms. The highest BCUT2D eigenvalue weighted by Gasteiger charge is 2.11. The van der Waals surface area contributed by atoms with Crippen molar-refractivity contribution in [2.24, 2.45) is 0 Å². The molecule has 4 nitrogen and oxygen atoms in total. The first-order valence-corrected chi connectivity index (χ1v) is 7.59. The van der Waals surface area contributed by atoms with E-state index in [1.165, 1.54) is 0 Å². The number of aromatic nitrogens is 1. The van der Waals surface area contributed by atoms with Gasteiger partial charge in [0, 0.05) is 5.69 Å². The van der Waals surface area contributed by atoms with Gasteiger partial charge in [0.15, 0.2) is 0 Å². The minimum absolute atomic E-state index is 0.149. The molecule has 3 rings (SSSR count). The molecule has 108 valence electrons. The van der Waals surface area contributed by atoms with Gasteiger partial charge in [0.25, 0.3) is 5.56 Å². The van der Waals surface area contributed by atoms with Crippen molar-refractivity contribution in [3.05, 3.63) is 75.4 Å². The smallest absolute Gasteiger partial charge is 0.269 e. The van der Waals surface area contributed by atoms with Crippen molar-refractivity contribution in [3.63, 3.8) is 0 Å². The van der Waals surface area contributed by atoms with Gasteiger partial charge in [-0.1, -0.05) is 18.2 Å². The summed E-state index contributed by atoms with van der Waals surface area (Å²) in [6, 6.07) is 16.6. The van der Waals surface area contributed by atoms with Gasteiger partial charge in [-0.05, 0) is 41.3 Å². The van der Waals surface area contributed by atoms with Gasteiger partial charge in [0.05, 0.1) is 17.1 Å². The van der Waals surface area contributed by atoms with E-state index < -0.39 is 0 Å². The fourth-order valence-corrected chi connectivity index (χ4v) is 3.03. The molecule has 1 aromatic carbocycles. The number of nitriles is 1. The highest BCUT2D eigenvalue weighted by molar-refractivity contribution is 7.13. The topological polar surface area (TPSA) is 71.8 Å². The highest BCUT2D eigenvalue weighted by Crippen LogP contribution is 2.24. The monoisotopic (exact) mass is 307 g/mol. The quantitative estimate of drug-likeness (QED) is 0.756. The Balaban J connectivity index is 2.13. The summed E-state index contributed by atoms with van der Waals surface area (Å²) in [6.07, 6.45) is 0. The molecule has 0 saturated carbocycles. The fraction of sp³-hybridized carbons (Fsp3) is 0.0588. The Hall–Kier alpha value is -2.84. The Morgan fingerprint density at radius 1 is 1.14 bits per heavy atom. The molecule has 0 unspecified atom stereocenters. The summed E-state index contributed by atoms with van der Waals surface area (Å²) < 4.78 is 1.63. The van der Waals surface area contributed by atoms with E-state index in [0.717, 1.165) is 16.1 Å². The Bertz CT molecular complexity index is 887. The zero-order chi connectivity index (χ0) is 15.5. The number of benzene rings is 1. The zero-order valence-electron chi connectivity index (χ0n) is 11.7. The SMILES string of the molecule is N#Cc1ccc(-c2cccs2)n(Cc2ccc(N)cc2)c1=O. The molecule has 2 heterocycles. The van der Waals surface area contributed by atoms with Crippen LogP contribution in [-0.2, 0) is 6.54 Å². The van der Waals surface area contributed by atoms with Crippen LogP contribution >= 0.6 is 11.3 Å². The number of anilines is 1. The third-order valence-corrected chi connectivity index (χ3v) is 4.28. The molecule has 5 heteroatoms. The number of nitrogens with two attached hydrogens (primary N) is 1. The predicted octanol–water partition coefficient (Wildman–Crippen LogP) is 3.08. The van der Waals surface area contributed by atoms with Crippen molar-refractivity contribution in [2.45, 2.75) is 6.54 Å². The van der Waals surface area contributed by atoms with Gasteiger partial charge in [0.2, 0.25) is 0 Å². The van der Waals surface area contributed by atoms with Crippen molar-refractivity contribution in [1.29, 1.82) is 5.26 Å². The lowest BCUT2D eigenvalue weighted by molar-refractivity contribution is 0.767. The first-order valence-electron chi connectivity index (χ1n) is 6.71. The lowest BCUT2D eigenvalue weighted by Gasteiger charge is -2.12. The summed E-state index contributed by atoms with van der Waals surface area (Å²) >= 11 is 1.56. The number of pyridine rings is 1. The molecule has 0 spiro atoms. The first kappa shape index (κ1) is 14.1. The van der Waals surface area contributed by atoms with Crippen LogP contribution in [0.25, 0.3) is 10.6 Å². The van der Waals surface area contributed by atoms with E-state index >= 15 is 0 Å². The second-order valence-electron chi connectivity index (χ2n) is 4.85.